The molecule has 1 aliphatic heterocycles. The summed E-state index contributed by atoms with van der Waals surface area (Å²) >= 11 is 12.2. The number of aromatic nitrogens is 2. The van der Waals surface area contributed by atoms with Gasteiger partial charge in [0.15, 0.2) is 5.11 Å². The van der Waals surface area contributed by atoms with Crippen LogP contribution in [-0.2, 0) is 0 Å². The van der Waals surface area contributed by atoms with Gasteiger partial charge in [0.2, 0.25) is 0 Å². The van der Waals surface area contributed by atoms with E-state index in [1.54, 1.807) is 12.1 Å². The van der Waals surface area contributed by atoms with Crippen LogP contribution in [0.4, 0.5) is 0 Å². The Morgan fingerprint density at radius 1 is 1.09 bits per heavy atom. The fraction of sp³-hybridized carbons (Fsp3) is 0.385. The van der Waals surface area contributed by atoms with Crippen molar-refractivity contribution >= 4 is 28.9 Å². The molecule has 1 saturated carbocycles. The average molecular weight is 481 g/mol. The van der Waals surface area contributed by atoms with Gasteiger partial charge in [-0.2, -0.15) is 0 Å². The van der Waals surface area contributed by atoms with Gasteiger partial charge in [-0.1, -0.05) is 36.9 Å². The summed E-state index contributed by atoms with van der Waals surface area (Å²) in [5, 5.41) is 15.6. The molecule has 2 aliphatic rings. The van der Waals surface area contributed by atoms with E-state index in [0.29, 0.717) is 16.8 Å². The molecule has 5 nitrogen and oxygen atoms in total. The fourth-order valence-electron chi connectivity index (χ4n) is 5.58. The minimum absolute atomic E-state index is 0.0248. The van der Waals surface area contributed by atoms with Crippen LogP contribution >= 0.6 is 23.8 Å². The standard InChI is InChI=1S/C26H29ClN4OS/c1-16-14-20(17(2)30(16)22-15-18(27)11-12-23(22)32)25-24(21-10-6-7-13-28-21)29-26(33)31(25)19-8-4-3-5-9-19/h6-7,10-15,19,24-25,32H,3-5,8-9H2,1-2H3,(H,29,33). The second kappa shape index (κ2) is 8.99. The predicted octanol–water partition coefficient (Wildman–Crippen LogP) is 6.15. The minimum Gasteiger partial charge on any atom is -0.506 e. The highest BCUT2D eigenvalue weighted by Gasteiger charge is 2.44. The highest BCUT2D eigenvalue weighted by molar-refractivity contribution is 7.80. The third kappa shape index (κ3) is 4.00. The molecule has 7 heteroatoms. The molecule has 1 aliphatic carbocycles. The van der Waals surface area contributed by atoms with Gasteiger partial charge in [0.25, 0.3) is 0 Å². The van der Waals surface area contributed by atoms with Gasteiger partial charge in [0, 0.05) is 28.6 Å². The van der Waals surface area contributed by atoms with Crippen molar-refractivity contribution in [2.24, 2.45) is 0 Å². The lowest BCUT2D eigenvalue weighted by molar-refractivity contribution is 0.197. The first-order valence-electron chi connectivity index (χ1n) is 11.6. The van der Waals surface area contributed by atoms with Gasteiger partial charge in [-0.05, 0) is 80.9 Å². The van der Waals surface area contributed by atoms with Crippen molar-refractivity contribution in [1.29, 1.82) is 0 Å². The summed E-state index contributed by atoms with van der Waals surface area (Å²) in [5.74, 6) is 0.207. The maximum Gasteiger partial charge on any atom is 0.170 e. The Kier molecular flexibility index (Phi) is 6.06. The average Bonchev–Trinajstić information content (AvgIpc) is 3.32. The number of aromatic hydroxyl groups is 1. The molecular formula is C26H29ClN4OS. The van der Waals surface area contributed by atoms with Crippen LogP contribution in [0.5, 0.6) is 5.75 Å². The number of benzene rings is 1. The summed E-state index contributed by atoms with van der Waals surface area (Å²) in [6, 6.07) is 13.8. The molecular weight excluding hydrogens is 452 g/mol. The molecule has 0 amide bonds. The number of phenolic OH excluding ortho intramolecular Hbond substituents is 1. The molecule has 172 valence electrons. The first-order valence-corrected chi connectivity index (χ1v) is 12.4. The summed E-state index contributed by atoms with van der Waals surface area (Å²) in [6.07, 6.45) is 7.91. The summed E-state index contributed by atoms with van der Waals surface area (Å²) in [5.41, 5.74) is 4.99. The van der Waals surface area contributed by atoms with Gasteiger partial charge in [-0.25, -0.2) is 0 Å². The van der Waals surface area contributed by atoms with Gasteiger partial charge >= 0.3 is 0 Å². The molecule has 3 aromatic rings. The molecule has 2 unspecified atom stereocenters. The molecule has 0 bridgehead atoms. The molecule has 1 aromatic carbocycles. The zero-order valence-electron chi connectivity index (χ0n) is 19.0. The van der Waals surface area contributed by atoms with Crippen molar-refractivity contribution in [3.63, 3.8) is 0 Å². The van der Waals surface area contributed by atoms with Crippen LogP contribution in [0.1, 0.15) is 66.8 Å². The maximum absolute atomic E-state index is 10.6. The van der Waals surface area contributed by atoms with Crippen molar-refractivity contribution in [1.82, 2.24) is 19.8 Å². The summed E-state index contributed by atoms with van der Waals surface area (Å²) in [7, 11) is 0. The summed E-state index contributed by atoms with van der Waals surface area (Å²) in [4.78, 5) is 7.11. The van der Waals surface area contributed by atoms with E-state index in [1.165, 1.54) is 24.8 Å². The topological polar surface area (TPSA) is 53.3 Å². The van der Waals surface area contributed by atoms with E-state index >= 15 is 0 Å². The molecule has 33 heavy (non-hydrogen) atoms. The number of hydrogen-bond donors (Lipinski definition) is 2. The van der Waals surface area contributed by atoms with Gasteiger partial charge in [-0.3, -0.25) is 4.98 Å². The lowest BCUT2D eigenvalue weighted by Crippen LogP contribution is -2.40. The van der Waals surface area contributed by atoms with Crippen LogP contribution in [0.3, 0.4) is 0 Å². The number of rotatable bonds is 4. The third-order valence-corrected chi connectivity index (χ3v) is 7.63. The Morgan fingerprint density at radius 3 is 2.61 bits per heavy atom. The first kappa shape index (κ1) is 22.2. The molecule has 2 aromatic heterocycles. The van der Waals surface area contributed by atoms with Crippen LogP contribution in [-0.4, -0.2) is 30.7 Å². The Labute approximate surface area is 205 Å². The molecule has 2 atom stereocenters. The molecule has 0 radical (unpaired) electrons. The van der Waals surface area contributed by atoms with E-state index in [-0.39, 0.29) is 17.8 Å². The Hall–Kier alpha value is -2.57. The van der Waals surface area contributed by atoms with Crippen molar-refractivity contribution in [2.75, 3.05) is 0 Å². The Bertz CT molecular complexity index is 1170. The molecule has 0 spiro atoms. The van der Waals surface area contributed by atoms with E-state index < -0.39 is 0 Å². The van der Waals surface area contributed by atoms with Crippen molar-refractivity contribution < 1.29 is 5.11 Å². The lowest BCUT2D eigenvalue weighted by atomic mass is 9.90. The third-order valence-electron chi connectivity index (χ3n) is 7.07. The zero-order valence-corrected chi connectivity index (χ0v) is 20.5. The van der Waals surface area contributed by atoms with Gasteiger partial charge in [0.05, 0.1) is 23.5 Å². The van der Waals surface area contributed by atoms with Crippen LogP contribution in [0.2, 0.25) is 5.02 Å². The summed E-state index contributed by atoms with van der Waals surface area (Å²) < 4.78 is 2.09. The number of thiocarbonyl (C=S) groups is 1. The maximum atomic E-state index is 10.6. The summed E-state index contributed by atoms with van der Waals surface area (Å²) in [6.45, 7) is 4.18. The fourth-order valence-corrected chi connectivity index (χ4v) is 6.14. The number of phenols is 1. The number of nitrogens with one attached hydrogen (secondary N) is 1. The van der Waals surface area contributed by atoms with Crippen molar-refractivity contribution in [3.05, 3.63) is 76.3 Å². The highest BCUT2D eigenvalue weighted by atomic mass is 35.5. The quantitative estimate of drug-likeness (QED) is 0.438. The molecule has 5 rings (SSSR count). The Morgan fingerprint density at radius 2 is 1.88 bits per heavy atom. The first-order chi connectivity index (χ1) is 16.0. The van der Waals surface area contributed by atoms with Gasteiger partial charge < -0.3 is 19.9 Å². The van der Waals surface area contributed by atoms with E-state index in [1.807, 2.05) is 24.4 Å². The second-order valence-electron chi connectivity index (χ2n) is 9.12. The van der Waals surface area contributed by atoms with Crippen LogP contribution < -0.4 is 5.32 Å². The van der Waals surface area contributed by atoms with Crippen molar-refractivity contribution in [2.45, 2.75) is 64.1 Å². The SMILES string of the molecule is Cc1cc(C2C(c3ccccn3)NC(=S)N2C2CCCCC2)c(C)n1-c1cc(Cl)ccc1O. The lowest BCUT2D eigenvalue weighted by Gasteiger charge is -2.37. The number of hydrogen-bond acceptors (Lipinski definition) is 3. The van der Waals surface area contributed by atoms with Crippen LogP contribution in [0.15, 0.2) is 48.7 Å². The number of aryl methyl sites for hydroxylation is 1. The Balaban J connectivity index is 1.65. The number of halogens is 1. The smallest absolute Gasteiger partial charge is 0.170 e. The monoisotopic (exact) mass is 480 g/mol. The second-order valence-corrected chi connectivity index (χ2v) is 9.94. The van der Waals surface area contributed by atoms with Crippen molar-refractivity contribution in [3.8, 4) is 11.4 Å². The highest BCUT2D eigenvalue weighted by Crippen LogP contribution is 2.45. The molecule has 2 fully saturated rings. The van der Waals surface area contributed by atoms with E-state index in [4.69, 9.17) is 23.8 Å². The number of nitrogens with zero attached hydrogens (tertiary/aromatic N) is 3. The van der Waals surface area contributed by atoms with Gasteiger partial charge in [-0.15, -0.1) is 0 Å². The van der Waals surface area contributed by atoms with Crippen LogP contribution in [0.25, 0.3) is 5.69 Å². The normalized spacial score (nSPS) is 21.4. The van der Waals surface area contributed by atoms with E-state index in [0.717, 1.165) is 35.0 Å². The van der Waals surface area contributed by atoms with E-state index in [9.17, 15) is 5.11 Å². The van der Waals surface area contributed by atoms with Crippen LogP contribution in [0, 0.1) is 13.8 Å². The van der Waals surface area contributed by atoms with E-state index in [2.05, 4.69) is 45.7 Å². The minimum atomic E-state index is -0.0393. The van der Waals surface area contributed by atoms with Gasteiger partial charge in [0.1, 0.15) is 5.75 Å². The largest absolute Gasteiger partial charge is 0.506 e. The zero-order chi connectivity index (χ0) is 23.1. The predicted molar refractivity (Wildman–Crippen MR) is 136 cm³/mol. The number of pyridine rings is 1. The molecule has 3 heterocycles. The molecule has 1 saturated heterocycles. The molecule has 2 N–H and O–H groups in total.